The molecule has 1 N–H and O–H groups in total. The second-order valence-corrected chi connectivity index (χ2v) is 11.3. The molecule has 0 aliphatic rings. The SMILES string of the molecule is CCCCC/C=C/C/C=C\CCCCCCCC(=O)O[C@H](CO)COP(=O)([O-])OCC[N+](C)(C)C. The van der Waals surface area contributed by atoms with E-state index in [1.165, 1.54) is 25.7 Å². The summed E-state index contributed by atoms with van der Waals surface area (Å²) in [4.78, 5) is 23.8. The number of rotatable bonds is 23. The van der Waals surface area contributed by atoms with Crippen LogP contribution in [0.2, 0.25) is 0 Å². The maximum atomic E-state index is 12.0. The molecule has 0 fully saturated rings. The zero-order valence-corrected chi connectivity index (χ0v) is 23.4. The van der Waals surface area contributed by atoms with Gasteiger partial charge in [-0.25, -0.2) is 0 Å². The molecule has 0 saturated carbocycles. The zero-order valence-electron chi connectivity index (χ0n) is 22.5. The number of nitrogens with zero attached hydrogens (tertiary/aromatic N) is 1. The normalized spacial score (nSPS) is 15.0. The predicted octanol–water partition coefficient (Wildman–Crippen LogP) is 4.91. The van der Waals surface area contributed by atoms with Crippen molar-refractivity contribution in [3.63, 3.8) is 0 Å². The topological polar surface area (TPSA) is 105 Å². The molecule has 0 aliphatic heterocycles. The Morgan fingerprint density at radius 2 is 1.54 bits per heavy atom. The minimum absolute atomic E-state index is 0.0132. The molecule has 0 bridgehead atoms. The lowest BCUT2D eigenvalue weighted by Crippen LogP contribution is -2.37. The van der Waals surface area contributed by atoms with Crippen LogP contribution >= 0.6 is 7.82 Å². The number of unbranched alkanes of at least 4 members (excludes halogenated alkanes) is 8. The highest BCUT2D eigenvalue weighted by Crippen LogP contribution is 2.38. The van der Waals surface area contributed by atoms with E-state index in [4.69, 9.17) is 13.8 Å². The molecule has 9 heteroatoms. The summed E-state index contributed by atoms with van der Waals surface area (Å²) in [6.45, 7) is 1.71. The van der Waals surface area contributed by atoms with Crippen molar-refractivity contribution in [2.75, 3.05) is 47.5 Å². The Hall–Kier alpha value is -1.02. The molecule has 0 radical (unpaired) electrons. The van der Waals surface area contributed by atoms with Crippen molar-refractivity contribution in [2.45, 2.75) is 90.1 Å². The second-order valence-electron chi connectivity index (χ2n) is 9.87. The van der Waals surface area contributed by atoms with Gasteiger partial charge in [0.1, 0.15) is 19.3 Å². The second kappa shape index (κ2) is 21.1. The van der Waals surface area contributed by atoms with E-state index in [1.54, 1.807) is 0 Å². The number of phosphoric ester groups is 1. The molecule has 0 spiro atoms. The monoisotopic (exact) mass is 519 g/mol. The third-order valence-corrected chi connectivity index (χ3v) is 6.23. The van der Waals surface area contributed by atoms with Crippen LogP contribution in [0.4, 0.5) is 0 Å². The van der Waals surface area contributed by atoms with E-state index in [-0.39, 0.29) is 13.0 Å². The van der Waals surface area contributed by atoms with E-state index in [2.05, 4.69) is 31.2 Å². The van der Waals surface area contributed by atoms with Gasteiger partial charge in [0, 0.05) is 6.42 Å². The number of hydrogen-bond donors (Lipinski definition) is 1. The average molecular weight is 520 g/mol. The van der Waals surface area contributed by atoms with Gasteiger partial charge in [0.2, 0.25) is 0 Å². The molecule has 0 rings (SSSR count). The van der Waals surface area contributed by atoms with E-state index < -0.39 is 33.1 Å². The summed E-state index contributed by atoms with van der Waals surface area (Å²) >= 11 is 0. The number of carbonyl (C=O) groups excluding carboxylic acids is 1. The van der Waals surface area contributed by atoms with E-state index in [0.29, 0.717) is 17.4 Å². The number of aliphatic hydroxyl groups excluding tert-OH is 1. The van der Waals surface area contributed by atoms with Crippen molar-refractivity contribution in [3.05, 3.63) is 24.3 Å². The fraction of sp³-hybridized carbons (Fsp3) is 0.808. The summed E-state index contributed by atoms with van der Waals surface area (Å²) in [7, 11) is 1.22. The number of esters is 1. The third-order valence-electron chi connectivity index (χ3n) is 5.26. The van der Waals surface area contributed by atoms with Crippen LogP contribution in [0.25, 0.3) is 0 Å². The van der Waals surface area contributed by atoms with Crippen molar-refractivity contribution < 1.29 is 37.6 Å². The molecule has 8 nitrogen and oxygen atoms in total. The number of likely N-dealkylation sites (N-methyl/N-ethyl adjacent to an activating group) is 1. The van der Waals surface area contributed by atoms with Crippen LogP contribution in [0.5, 0.6) is 0 Å². The van der Waals surface area contributed by atoms with Crippen molar-refractivity contribution in [1.82, 2.24) is 0 Å². The van der Waals surface area contributed by atoms with E-state index in [0.717, 1.165) is 38.5 Å². The first-order valence-electron chi connectivity index (χ1n) is 13.1. The molecule has 0 aliphatic carbocycles. The molecular formula is C26H50NO7P. The molecule has 0 amide bonds. The van der Waals surface area contributed by atoms with E-state index in [1.807, 2.05) is 21.1 Å². The largest absolute Gasteiger partial charge is 0.756 e. The Kier molecular flexibility index (Phi) is 20.5. The molecule has 0 aromatic rings. The van der Waals surface area contributed by atoms with Crippen molar-refractivity contribution in [1.29, 1.82) is 0 Å². The Morgan fingerprint density at radius 1 is 0.943 bits per heavy atom. The Bertz CT molecular complexity index is 632. The number of ether oxygens (including phenoxy) is 1. The van der Waals surface area contributed by atoms with Crippen LogP contribution in [-0.2, 0) is 23.1 Å². The first-order valence-corrected chi connectivity index (χ1v) is 14.6. The van der Waals surface area contributed by atoms with Gasteiger partial charge >= 0.3 is 5.97 Å². The number of carbonyl (C=O) groups is 1. The fourth-order valence-electron chi connectivity index (χ4n) is 3.09. The predicted molar refractivity (Wildman–Crippen MR) is 139 cm³/mol. The standard InChI is InChI=1S/C26H50NO7P/c1-5-6-7-8-9-10-11-12-13-14-15-16-17-18-19-20-26(29)34-25(23-28)24-33-35(30,31)32-22-21-27(2,3)4/h9-10,12-13,25,28H,5-8,11,14-24H2,1-4H3/b10-9+,13-12-/t25-/m1/s1. The van der Waals surface area contributed by atoms with Gasteiger partial charge in [-0.15, -0.1) is 0 Å². The van der Waals surface area contributed by atoms with E-state index >= 15 is 0 Å². The summed E-state index contributed by atoms with van der Waals surface area (Å²) in [5.74, 6) is -0.468. The molecular weight excluding hydrogens is 469 g/mol. The number of aliphatic hydroxyl groups is 1. The van der Waals surface area contributed by atoms with Crippen molar-refractivity contribution >= 4 is 13.8 Å². The number of allylic oxidation sites excluding steroid dienone is 4. The van der Waals surface area contributed by atoms with Crippen LogP contribution in [-0.4, -0.2) is 69.2 Å². The number of phosphoric acid groups is 1. The Morgan fingerprint density at radius 3 is 2.14 bits per heavy atom. The fourth-order valence-corrected chi connectivity index (χ4v) is 3.82. The summed E-state index contributed by atoms with van der Waals surface area (Å²) in [5, 5.41) is 9.36. The Labute approximate surface area is 213 Å². The van der Waals surface area contributed by atoms with Crippen LogP contribution < -0.4 is 4.89 Å². The van der Waals surface area contributed by atoms with E-state index in [9.17, 15) is 19.4 Å². The Balaban J connectivity index is 3.80. The maximum Gasteiger partial charge on any atom is 0.306 e. The summed E-state index contributed by atoms with van der Waals surface area (Å²) < 4.78 is 27.0. The van der Waals surface area contributed by atoms with Gasteiger partial charge in [0.25, 0.3) is 7.82 Å². The lowest BCUT2D eigenvalue weighted by atomic mass is 10.1. The van der Waals surface area contributed by atoms with Gasteiger partial charge in [0.05, 0.1) is 34.4 Å². The zero-order chi connectivity index (χ0) is 26.4. The first-order chi connectivity index (χ1) is 16.6. The summed E-state index contributed by atoms with van der Waals surface area (Å²) in [6, 6.07) is 0. The lowest BCUT2D eigenvalue weighted by molar-refractivity contribution is -0.870. The molecule has 0 heterocycles. The maximum absolute atomic E-state index is 12.0. The van der Waals surface area contributed by atoms with Gasteiger partial charge in [-0.05, 0) is 38.5 Å². The van der Waals surface area contributed by atoms with Crippen molar-refractivity contribution in [3.8, 4) is 0 Å². The molecule has 206 valence electrons. The molecule has 0 aromatic heterocycles. The molecule has 0 saturated heterocycles. The minimum atomic E-state index is -4.51. The lowest BCUT2D eigenvalue weighted by Gasteiger charge is -2.28. The highest BCUT2D eigenvalue weighted by Gasteiger charge is 2.19. The van der Waals surface area contributed by atoms with Crippen LogP contribution in [0.1, 0.15) is 84.0 Å². The molecule has 1 unspecified atom stereocenters. The first kappa shape index (κ1) is 34.0. The van der Waals surface area contributed by atoms with Gasteiger partial charge in [-0.2, -0.15) is 0 Å². The van der Waals surface area contributed by atoms with Gasteiger partial charge in [-0.3, -0.25) is 9.36 Å². The average Bonchev–Trinajstić information content (AvgIpc) is 2.78. The quantitative estimate of drug-likeness (QED) is 0.0672. The number of quaternary nitrogens is 1. The molecule has 35 heavy (non-hydrogen) atoms. The summed E-state index contributed by atoms with van der Waals surface area (Å²) in [5.41, 5.74) is 0. The smallest absolute Gasteiger partial charge is 0.306 e. The van der Waals surface area contributed by atoms with Crippen LogP contribution in [0.15, 0.2) is 24.3 Å². The highest BCUT2D eigenvalue weighted by molar-refractivity contribution is 7.45. The highest BCUT2D eigenvalue weighted by atomic mass is 31.2. The van der Waals surface area contributed by atoms with Gasteiger partial charge in [-0.1, -0.05) is 63.3 Å². The minimum Gasteiger partial charge on any atom is -0.756 e. The molecule has 0 aromatic carbocycles. The molecule has 2 atom stereocenters. The van der Waals surface area contributed by atoms with Crippen molar-refractivity contribution in [2.24, 2.45) is 0 Å². The van der Waals surface area contributed by atoms with Crippen LogP contribution in [0.3, 0.4) is 0 Å². The third kappa shape index (κ3) is 24.5. The number of hydrogen-bond acceptors (Lipinski definition) is 7. The summed E-state index contributed by atoms with van der Waals surface area (Å²) in [6.07, 6.45) is 20.2. The van der Waals surface area contributed by atoms with Gasteiger partial charge < -0.3 is 28.3 Å². The van der Waals surface area contributed by atoms with Crippen LogP contribution in [0, 0.1) is 0 Å². The van der Waals surface area contributed by atoms with Gasteiger partial charge in [0.15, 0.2) is 0 Å².